The zero-order valence-corrected chi connectivity index (χ0v) is 20.6. The summed E-state index contributed by atoms with van der Waals surface area (Å²) in [4.78, 5) is 28.4. The number of rotatable bonds is 8. The topological polar surface area (TPSA) is 132 Å². The van der Waals surface area contributed by atoms with Crippen LogP contribution in [-0.4, -0.2) is 53.6 Å². The number of aromatic nitrogens is 1. The van der Waals surface area contributed by atoms with Gasteiger partial charge in [-0.25, -0.2) is 9.78 Å². The van der Waals surface area contributed by atoms with Crippen molar-refractivity contribution >= 4 is 30.3 Å². The summed E-state index contributed by atoms with van der Waals surface area (Å²) < 4.78 is 23.5. The van der Waals surface area contributed by atoms with Crippen LogP contribution in [0.25, 0.3) is 11.3 Å². The number of nitrogens with zero attached hydrogens (tertiary/aromatic N) is 1. The fourth-order valence-electron chi connectivity index (χ4n) is 3.65. The molecule has 3 rings (SSSR count). The molecule has 1 fully saturated rings. The molecule has 2 heterocycles. The Labute approximate surface area is 199 Å². The minimum atomic E-state index is -1.27. The van der Waals surface area contributed by atoms with E-state index < -0.39 is 36.4 Å². The number of ether oxygens (including phenoxy) is 1. The van der Waals surface area contributed by atoms with E-state index in [1.165, 1.54) is 13.5 Å². The van der Waals surface area contributed by atoms with Gasteiger partial charge >= 0.3 is 13.2 Å². The van der Waals surface area contributed by atoms with Crippen LogP contribution in [0, 0.1) is 5.92 Å². The van der Waals surface area contributed by atoms with Gasteiger partial charge in [0.15, 0.2) is 12.2 Å². The standard InChI is InChI=1S/C23H32BN3O7/c1-13(2)8-17(27-21(29)30)20(28)26-16-10-18(31-7)14(19-11-25-12-32-19)9-15(16)24-33-22(3,4)23(5,6)34-24/h9-13,17,27H,8H2,1-7H3,(H,26,28)(H,29,30). The molecular weight excluding hydrogens is 441 g/mol. The average molecular weight is 473 g/mol. The SMILES string of the molecule is COc1cc(NC(=O)C(CC(C)C)NC(=O)O)c(B2OC(C)(C)C(C)(C)O2)cc1-c1cnco1. The highest BCUT2D eigenvalue weighted by Crippen LogP contribution is 2.39. The van der Waals surface area contributed by atoms with Gasteiger partial charge in [-0.1, -0.05) is 13.8 Å². The number of anilines is 1. The molecule has 3 N–H and O–H groups in total. The van der Waals surface area contributed by atoms with Gasteiger partial charge in [-0.15, -0.1) is 0 Å². The Hall–Kier alpha value is -3.05. The summed E-state index contributed by atoms with van der Waals surface area (Å²) in [6.07, 6.45) is 1.93. The molecule has 11 heteroatoms. The normalized spacial score (nSPS) is 17.5. The Balaban J connectivity index is 2.06. The second kappa shape index (κ2) is 9.67. The van der Waals surface area contributed by atoms with Gasteiger partial charge < -0.3 is 34.2 Å². The van der Waals surface area contributed by atoms with E-state index >= 15 is 0 Å². The van der Waals surface area contributed by atoms with E-state index in [2.05, 4.69) is 15.6 Å². The third-order valence-corrected chi connectivity index (χ3v) is 6.16. The smallest absolute Gasteiger partial charge is 0.496 e. The van der Waals surface area contributed by atoms with Crippen LogP contribution in [0.1, 0.15) is 48.0 Å². The van der Waals surface area contributed by atoms with E-state index in [4.69, 9.17) is 18.5 Å². The highest BCUT2D eigenvalue weighted by Gasteiger charge is 2.52. The molecule has 2 aromatic rings. The van der Waals surface area contributed by atoms with Crippen molar-refractivity contribution in [2.75, 3.05) is 12.4 Å². The van der Waals surface area contributed by atoms with Crippen LogP contribution in [0.15, 0.2) is 29.1 Å². The molecule has 1 aromatic carbocycles. The molecule has 1 aliphatic rings. The molecule has 2 amide bonds. The van der Waals surface area contributed by atoms with Crippen LogP contribution in [0.5, 0.6) is 5.75 Å². The summed E-state index contributed by atoms with van der Waals surface area (Å²) in [6.45, 7) is 11.6. The minimum Gasteiger partial charge on any atom is -0.496 e. The van der Waals surface area contributed by atoms with Crippen molar-refractivity contribution < 1.29 is 33.2 Å². The van der Waals surface area contributed by atoms with E-state index in [0.29, 0.717) is 34.6 Å². The first-order valence-corrected chi connectivity index (χ1v) is 11.1. The predicted molar refractivity (Wildman–Crippen MR) is 127 cm³/mol. The van der Waals surface area contributed by atoms with Crippen molar-refractivity contribution in [3.63, 3.8) is 0 Å². The fourth-order valence-corrected chi connectivity index (χ4v) is 3.65. The van der Waals surface area contributed by atoms with E-state index in [1.807, 2.05) is 41.5 Å². The van der Waals surface area contributed by atoms with Crippen LogP contribution in [-0.2, 0) is 14.1 Å². The summed E-state index contributed by atoms with van der Waals surface area (Å²) in [7, 11) is 0.701. The number of amides is 2. The molecular formula is C23H32BN3O7. The van der Waals surface area contributed by atoms with Crippen molar-refractivity contribution in [1.82, 2.24) is 10.3 Å². The molecule has 10 nitrogen and oxygen atoms in total. The fraction of sp³-hybridized carbons (Fsp3) is 0.522. The van der Waals surface area contributed by atoms with Crippen LogP contribution in [0.4, 0.5) is 10.5 Å². The molecule has 0 bridgehead atoms. The summed E-state index contributed by atoms with van der Waals surface area (Å²) in [5.74, 6) is 0.494. The van der Waals surface area contributed by atoms with Gasteiger partial charge in [-0.3, -0.25) is 4.79 Å². The van der Waals surface area contributed by atoms with Gasteiger partial charge in [-0.2, -0.15) is 0 Å². The summed E-state index contributed by atoms with van der Waals surface area (Å²) >= 11 is 0. The lowest BCUT2D eigenvalue weighted by Crippen LogP contribution is -2.45. The number of benzene rings is 1. The first kappa shape index (κ1) is 25.6. The average Bonchev–Trinajstić information content (AvgIpc) is 3.32. The Morgan fingerprint density at radius 2 is 1.82 bits per heavy atom. The zero-order valence-electron chi connectivity index (χ0n) is 20.6. The lowest BCUT2D eigenvalue weighted by Gasteiger charge is -2.32. The Kier molecular flexibility index (Phi) is 7.28. The van der Waals surface area contributed by atoms with Crippen LogP contribution < -0.4 is 20.8 Å². The maximum Gasteiger partial charge on any atom is 0.497 e. The molecule has 0 radical (unpaired) electrons. The summed E-state index contributed by atoms with van der Waals surface area (Å²) in [6, 6.07) is 2.46. The number of carbonyl (C=O) groups excluding carboxylic acids is 1. The van der Waals surface area contributed by atoms with Gasteiger partial charge in [0, 0.05) is 17.2 Å². The lowest BCUT2D eigenvalue weighted by atomic mass is 9.76. The number of oxazole rings is 1. The molecule has 1 unspecified atom stereocenters. The minimum absolute atomic E-state index is 0.0912. The maximum absolute atomic E-state index is 13.1. The molecule has 34 heavy (non-hydrogen) atoms. The van der Waals surface area contributed by atoms with Crippen LogP contribution in [0.2, 0.25) is 0 Å². The third kappa shape index (κ3) is 5.36. The highest BCUT2D eigenvalue weighted by molar-refractivity contribution is 6.64. The highest BCUT2D eigenvalue weighted by atomic mass is 16.7. The second-order valence-electron chi connectivity index (χ2n) is 9.71. The second-order valence-corrected chi connectivity index (χ2v) is 9.71. The first-order valence-electron chi connectivity index (χ1n) is 11.1. The Morgan fingerprint density at radius 1 is 1.18 bits per heavy atom. The molecule has 0 saturated carbocycles. The van der Waals surface area contributed by atoms with Crippen molar-refractivity contribution in [3.8, 4) is 17.1 Å². The monoisotopic (exact) mass is 473 g/mol. The largest absolute Gasteiger partial charge is 0.497 e. The summed E-state index contributed by atoms with van der Waals surface area (Å²) in [5.41, 5.74) is 0.291. The van der Waals surface area contributed by atoms with Gasteiger partial charge in [0.1, 0.15) is 11.8 Å². The van der Waals surface area contributed by atoms with Gasteiger partial charge in [0.2, 0.25) is 5.91 Å². The maximum atomic E-state index is 13.1. The van der Waals surface area contributed by atoms with Crippen LogP contribution in [0.3, 0.4) is 0 Å². The molecule has 0 spiro atoms. The molecule has 1 saturated heterocycles. The lowest BCUT2D eigenvalue weighted by molar-refractivity contribution is -0.118. The zero-order chi connectivity index (χ0) is 25.3. The number of nitrogens with one attached hydrogen (secondary N) is 2. The van der Waals surface area contributed by atoms with Gasteiger partial charge in [-0.05, 0) is 46.1 Å². The van der Waals surface area contributed by atoms with E-state index in [9.17, 15) is 14.7 Å². The molecule has 184 valence electrons. The van der Waals surface area contributed by atoms with Crippen molar-refractivity contribution in [3.05, 3.63) is 24.7 Å². The Morgan fingerprint density at radius 3 is 2.32 bits per heavy atom. The van der Waals surface area contributed by atoms with E-state index in [1.54, 1.807) is 18.3 Å². The Bertz CT molecular complexity index is 1020. The van der Waals surface area contributed by atoms with Gasteiger partial charge in [0.25, 0.3) is 0 Å². The number of hydrogen-bond acceptors (Lipinski definition) is 7. The first-order chi connectivity index (χ1) is 15.8. The van der Waals surface area contributed by atoms with Crippen LogP contribution >= 0.6 is 0 Å². The van der Waals surface area contributed by atoms with Crippen molar-refractivity contribution in [2.24, 2.45) is 5.92 Å². The van der Waals surface area contributed by atoms with E-state index in [-0.39, 0.29) is 5.92 Å². The molecule has 0 aliphatic carbocycles. The number of carboxylic acid groups (broad SMARTS) is 1. The number of methoxy groups -OCH3 is 1. The molecule has 1 aliphatic heterocycles. The van der Waals surface area contributed by atoms with Gasteiger partial charge in [0.05, 0.1) is 30.1 Å². The van der Waals surface area contributed by atoms with Crippen molar-refractivity contribution in [1.29, 1.82) is 0 Å². The molecule has 1 atom stereocenters. The summed E-state index contributed by atoms with van der Waals surface area (Å²) in [5, 5.41) is 14.4. The predicted octanol–water partition coefficient (Wildman–Crippen LogP) is 3.27. The number of carbonyl (C=O) groups is 2. The quantitative estimate of drug-likeness (QED) is 0.498. The number of hydrogen-bond donors (Lipinski definition) is 3. The van der Waals surface area contributed by atoms with Crippen molar-refractivity contribution in [2.45, 2.75) is 65.2 Å². The third-order valence-electron chi connectivity index (χ3n) is 6.16. The van der Waals surface area contributed by atoms with E-state index in [0.717, 1.165) is 0 Å². The molecule has 1 aromatic heterocycles.